The first kappa shape index (κ1) is 21.5. The third kappa shape index (κ3) is 14.3. The fourth-order valence-electron chi connectivity index (χ4n) is 0. The van der Waals surface area contributed by atoms with Gasteiger partial charge in [0.25, 0.3) is 0 Å². The molecule has 0 amide bonds. The van der Waals surface area contributed by atoms with Crippen LogP contribution in [0.25, 0.3) is 0 Å². The van der Waals surface area contributed by atoms with Crippen LogP contribution in [0.2, 0.25) is 4.68 Å². The number of hydrogen-bond donors (Lipinski definition) is 0. The Labute approximate surface area is 40.4 Å². The van der Waals surface area contributed by atoms with Crippen LogP contribution in [0, 0.1) is 0 Å². The van der Waals surface area contributed by atoms with Gasteiger partial charge in [0.15, 0.2) is 0 Å². The zero-order valence-electron chi connectivity index (χ0n) is 2.58. The molecule has 2 nitrogen and oxygen atoms in total. The molecule has 0 aromatic heterocycles. The van der Waals surface area contributed by atoms with Gasteiger partial charge < -0.3 is 11.0 Å². The molecule has 3 heteroatoms. The summed E-state index contributed by atoms with van der Waals surface area (Å²) in [5, 5.41) is 0. The van der Waals surface area contributed by atoms with Gasteiger partial charge in [-0.25, -0.2) is 0 Å². The van der Waals surface area contributed by atoms with Crippen molar-refractivity contribution >= 4 is 24.4 Å². The van der Waals surface area contributed by atoms with Gasteiger partial charge in [-0.15, -0.1) is 0 Å². The van der Waals surface area contributed by atoms with Gasteiger partial charge in [-0.3, -0.25) is 0 Å². The first-order valence-electron chi connectivity index (χ1n) is 0.577. The van der Waals surface area contributed by atoms with Gasteiger partial charge in [-0.2, -0.15) is 0 Å². The molecule has 0 aromatic carbocycles. The molecule has 0 heterocycles. The van der Waals surface area contributed by atoms with Crippen molar-refractivity contribution in [1.82, 2.24) is 0 Å². The molecule has 0 unspecified atom stereocenters. The molecule has 0 atom stereocenters. The fourth-order valence-corrected chi connectivity index (χ4v) is 0. The van der Waals surface area contributed by atoms with Gasteiger partial charge in [0.1, 0.15) is 0 Å². The fraction of sp³-hybridized carbons (Fsp3) is 1.00. The summed E-state index contributed by atoms with van der Waals surface area (Å²) in [6.45, 7) is 0. The summed E-state index contributed by atoms with van der Waals surface area (Å²) >= 11 is 1.35. The van der Waals surface area contributed by atoms with Crippen LogP contribution in [0.4, 0.5) is 0 Å². The Kier molecular flexibility index (Phi) is 254. The molecule has 0 aliphatic rings. The second-order valence-corrected chi connectivity index (χ2v) is 0. The molecule has 0 spiro atoms. The van der Waals surface area contributed by atoms with Crippen LogP contribution in [0.1, 0.15) is 0 Å². The molecule has 0 saturated heterocycles. The van der Waals surface area contributed by atoms with E-state index in [1.54, 1.807) is 0 Å². The predicted molar refractivity (Wildman–Crippen MR) is 18.8 cm³/mol. The van der Waals surface area contributed by atoms with E-state index in [4.69, 9.17) is 0 Å². The van der Waals surface area contributed by atoms with Crippen molar-refractivity contribution in [2.75, 3.05) is 0 Å². The number of rotatable bonds is 0. The predicted octanol–water partition coefficient (Wildman–Crippen LogP) is -1.45. The van der Waals surface area contributed by atoms with Gasteiger partial charge >= 0.3 is 29.1 Å². The van der Waals surface area contributed by atoms with Crippen molar-refractivity contribution < 1.29 is 11.0 Å². The van der Waals surface area contributed by atoms with E-state index >= 15 is 0 Å². The summed E-state index contributed by atoms with van der Waals surface area (Å²) in [5.41, 5.74) is 0. The van der Waals surface area contributed by atoms with E-state index < -0.39 is 0 Å². The quantitative estimate of drug-likeness (QED) is 0.422. The van der Waals surface area contributed by atoms with E-state index in [0.29, 0.717) is 0 Å². The first-order chi connectivity index (χ1) is 1.00. The summed E-state index contributed by atoms with van der Waals surface area (Å²) in [6, 6.07) is 0. The zero-order valence-corrected chi connectivity index (χ0v) is 5.87. The third-order valence-corrected chi connectivity index (χ3v) is 0. The Morgan fingerprint density at radius 2 is 1.00 bits per heavy atom. The molecule has 2 radical (unpaired) electrons. The molecule has 26 valence electrons. The van der Waals surface area contributed by atoms with Gasteiger partial charge in [0, 0.05) is 0 Å². The molecular weight excluding hydrogens is 159 g/mol. The summed E-state index contributed by atoms with van der Waals surface area (Å²) in [5.74, 6) is 0. The van der Waals surface area contributed by atoms with E-state index in [1.165, 1.54) is 24.4 Å². The second kappa shape index (κ2) is 47.3. The van der Waals surface area contributed by atoms with Gasteiger partial charge in [0.2, 0.25) is 0 Å². The van der Waals surface area contributed by atoms with Gasteiger partial charge in [-0.1, -0.05) is 0 Å². The number of hydrogen-bond acceptors (Lipinski definition) is 0. The van der Waals surface area contributed by atoms with Crippen molar-refractivity contribution in [2.24, 2.45) is 0 Å². The van der Waals surface area contributed by atoms with Crippen molar-refractivity contribution in [1.29, 1.82) is 0 Å². The molecule has 0 aliphatic heterocycles. The van der Waals surface area contributed by atoms with Crippen molar-refractivity contribution in [3.8, 4) is 0 Å². The van der Waals surface area contributed by atoms with Crippen LogP contribution in [-0.4, -0.2) is 35.3 Å². The Morgan fingerprint density at radius 3 is 1.00 bits per heavy atom. The van der Waals surface area contributed by atoms with Crippen molar-refractivity contribution in [3.05, 3.63) is 0 Å². The summed E-state index contributed by atoms with van der Waals surface area (Å²) in [4.78, 5) is 0. The Morgan fingerprint density at radius 1 is 1.00 bits per heavy atom. The van der Waals surface area contributed by atoms with Crippen LogP contribution in [0.3, 0.4) is 0 Å². The minimum absolute atomic E-state index is 0. The summed E-state index contributed by atoms with van der Waals surface area (Å²) in [6.07, 6.45) is 0. The van der Waals surface area contributed by atoms with Crippen molar-refractivity contribution in [3.63, 3.8) is 0 Å². The van der Waals surface area contributed by atoms with Gasteiger partial charge in [-0.05, 0) is 0 Å². The first-order valence-corrected chi connectivity index (χ1v) is 3.87. The molecular formula is CH7InO2. The van der Waals surface area contributed by atoms with Crippen LogP contribution in [-0.2, 0) is 0 Å². The van der Waals surface area contributed by atoms with Crippen LogP contribution < -0.4 is 0 Å². The maximum absolute atomic E-state index is 2.13. The average molecular weight is 166 g/mol. The van der Waals surface area contributed by atoms with Crippen molar-refractivity contribution in [2.45, 2.75) is 4.68 Å². The molecule has 0 saturated carbocycles. The standard InChI is InChI=1S/CH3.In.2H2O/h1H3;;2*1H2. The normalized spacial score (nSPS) is 1.25. The van der Waals surface area contributed by atoms with E-state index in [9.17, 15) is 0 Å². The van der Waals surface area contributed by atoms with Crippen LogP contribution >= 0.6 is 0 Å². The van der Waals surface area contributed by atoms with Crippen LogP contribution in [0.5, 0.6) is 0 Å². The molecule has 0 aromatic rings. The molecule has 4 N–H and O–H groups in total. The molecule has 0 bridgehead atoms. The minimum atomic E-state index is 0. The average Bonchev–Trinajstić information content (AvgIpc) is 1.00. The Bertz CT molecular complexity index is 6.00. The summed E-state index contributed by atoms with van der Waals surface area (Å²) in [7, 11) is 0. The second-order valence-electron chi connectivity index (χ2n) is 0. The monoisotopic (exact) mass is 166 g/mol. The Balaban J connectivity index is -0.00000000500. The van der Waals surface area contributed by atoms with E-state index in [0.717, 1.165) is 0 Å². The van der Waals surface area contributed by atoms with Crippen LogP contribution in [0.15, 0.2) is 0 Å². The zero-order chi connectivity index (χ0) is 2.00. The molecule has 0 rings (SSSR count). The third-order valence-electron chi connectivity index (χ3n) is 0. The molecule has 0 fully saturated rings. The summed E-state index contributed by atoms with van der Waals surface area (Å²) < 4.78 is 2.13. The molecule has 0 aliphatic carbocycles. The van der Waals surface area contributed by atoms with E-state index in [-0.39, 0.29) is 11.0 Å². The molecule has 4 heavy (non-hydrogen) atoms. The van der Waals surface area contributed by atoms with E-state index in [2.05, 4.69) is 4.68 Å². The topological polar surface area (TPSA) is 63.0 Å². The SMILES string of the molecule is O.O.[CH3][In]. The van der Waals surface area contributed by atoms with Gasteiger partial charge in [0.05, 0.1) is 0 Å². The van der Waals surface area contributed by atoms with E-state index in [1.807, 2.05) is 0 Å². The Hall–Kier alpha value is 0.790. The maximum atomic E-state index is 2.13.